The summed E-state index contributed by atoms with van der Waals surface area (Å²) in [6, 6.07) is 12.0. The molecule has 0 aliphatic heterocycles. The Labute approximate surface area is 146 Å². The van der Waals surface area contributed by atoms with E-state index in [1.807, 2.05) is 24.3 Å². The molecule has 3 nitrogen and oxygen atoms in total. The zero-order valence-corrected chi connectivity index (χ0v) is 14.2. The fraction of sp³-hybridized carbons (Fsp3) is 0.235. The number of hydrogen-bond acceptors (Lipinski definition) is 2. The van der Waals surface area contributed by atoms with Crippen LogP contribution in [0.5, 0.6) is 5.75 Å². The fourth-order valence-electron chi connectivity index (χ4n) is 1.97. The molecule has 0 unspecified atom stereocenters. The maximum atomic E-state index is 12.6. The summed E-state index contributed by atoms with van der Waals surface area (Å²) in [5, 5.41) is 2.66. The van der Waals surface area contributed by atoms with Crippen LogP contribution in [0.2, 0.25) is 0 Å². The minimum atomic E-state index is -4.40. The summed E-state index contributed by atoms with van der Waals surface area (Å²) < 4.78 is 43.9. The Morgan fingerprint density at radius 3 is 2.50 bits per heavy atom. The molecule has 0 aromatic heterocycles. The van der Waals surface area contributed by atoms with Crippen LogP contribution in [0.15, 0.2) is 53.0 Å². The Hall–Kier alpha value is -2.02. The second kappa shape index (κ2) is 8.19. The van der Waals surface area contributed by atoms with Crippen molar-refractivity contribution in [3.63, 3.8) is 0 Å². The largest absolute Gasteiger partial charge is 0.492 e. The highest BCUT2D eigenvalue weighted by atomic mass is 79.9. The molecule has 0 aliphatic carbocycles. The summed E-state index contributed by atoms with van der Waals surface area (Å²) in [7, 11) is 0. The molecule has 7 heteroatoms. The molecule has 0 heterocycles. The minimum absolute atomic E-state index is 0.0907. The molecule has 0 aliphatic rings. The molecule has 0 saturated carbocycles. The monoisotopic (exact) mass is 401 g/mol. The normalized spacial score (nSPS) is 11.2. The molecule has 0 fully saturated rings. The Bertz CT molecular complexity index is 687. The van der Waals surface area contributed by atoms with Crippen LogP contribution >= 0.6 is 15.9 Å². The summed E-state index contributed by atoms with van der Waals surface area (Å²) in [6.45, 7) is 0.305. The number of halogens is 4. The summed E-state index contributed by atoms with van der Waals surface area (Å²) in [6.07, 6.45) is -4.17. The number of carbonyl (C=O) groups excluding carboxylic acids is 1. The number of alkyl halides is 3. The molecule has 2 rings (SSSR count). The van der Waals surface area contributed by atoms with Gasteiger partial charge in [0.25, 0.3) is 0 Å². The zero-order chi connectivity index (χ0) is 17.6. The predicted octanol–water partition coefficient (Wildman–Crippen LogP) is 4.21. The van der Waals surface area contributed by atoms with E-state index in [0.717, 1.165) is 22.2 Å². The lowest BCUT2D eigenvalue weighted by molar-refractivity contribution is -0.137. The Morgan fingerprint density at radius 1 is 1.12 bits per heavy atom. The van der Waals surface area contributed by atoms with Gasteiger partial charge in [-0.05, 0) is 35.9 Å². The van der Waals surface area contributed by atoms with Crippen molar-refractivity contribution in [2.24, 2.45) is 0 Å². The molecular weight excluding hydrogens is 387 g/mol. The van der Waals surface area contributed by atoms with Crippen molar-refractivity contribution in [1.82, 2.24) is 5.32 Å². The van der Waals surface area contributed by atoms with Gasteiger partial charge in [-0.15, -0.1) is 0 Å². The van der Waals surface area contributed by atoms with Crippen LogP contribution in [0.3, 0.4) is 0 Å². The average molecular weight is 402 g/mol. The van der Waals surface area contributed by atoms with Crippen molar-refractivity contribution in [3.05, 3.63) is 64.1 Å². The summed E-state index contributed by atoms with van der Waals surface area (Å²) >= 11 is 3.31. The lowest BCUT2D eigenvalue weighted by Gasteiger charge is -2.11. The van der Waals surface area contributed by atoms with Gasteiger partial charge in [-0.3, -0.25) is 4.79 Å². The summed E-state index contributed by atoms with van der Waals surface area (Å²) in [4.78, 5) is 11.8. The van der Waals surface area contributed by atoms with Crippen LogP contribution in [0, 0.1) is 0 Å². The third-order valence-corrected chi connectivity index (χ3v) is 3.66. The number of carbonyl (C=O) groups is 1. The van der Waals surface area contributed by atoms with Gasteiger partial charge in [0.05, 0.1) is 18.5 Å². The van der Waals surface area contributed by atoms with E-state index in [-0.39, 0.29) is 31.2 Å². The van der Waals surface area contributed by atoms with Crippen LogP contribution in [0.1, 0.15) is 11.1 Å². The third kappa shape index (κ3) is 5.88. The Kier molecular flexibility index (Phi) is 6.25. The summed E-state index contributed by atoms with van der Waals surface area (Å²) in [5.41, 5.74) is 0.105. The van der Waals surface area contributed by atoms with Crippen LogP contribution in [0.25, 0.3) is 0 Å². The van der Waals surface area contributed by atoms with Gasteiger partial charge < -0.3 is 10.1 Å². The van der Waals surface area contributed by atoms with Gasteiger partial charge in [-0.25, -0.2) is 0 Å². The van der Waals surface area contributed by atoms with Crippen molar-refractivity contribution in [2.75, 3.05) is 13.2 Å². The second-order valence-electron chi connectivity index (χ2n) is 5.03. The van der Waals surface area contributed by atoms with Gasteiger partial charge in [0.1, 0.15) is 12.4 Å². The number of ether oxygens (including phenoxy) is 1. The first-order chi connectivity index (χ1) is 11.3. The molecular formula is C17H15BrF3NO2. The molecule has 2 aromatic rings. The lowest BCUT2D eigenvalue weighted by Crippen LogP contribution is -2.29. The van der Waals surface area contributed by atoms with Crippen LogP contribution in [-0.2, 0) is 17.4 Å². The first kappa shape index (κ1) is 18.3. The van der Waals surface area contributed by atoms with Crippen molar-refractivity contribution < 1.29 is 22.7 Å². The average Bonchev–Trinajstić information content (AvgIpc) is 2.53. The van der Waals surface area contributed by atoms with E-state index < -0.39 is 11.7 Å². The molecule has 0 saturated heterocycles. The minimum Gasteiger partial charge on any atom is -0.492 e. The molecule has 0 bridgehead atoms. The number of nitrogens with one attached hydrogen (secondary N) is 1. The third-order valence-electron chi connectivity index (χ3n) is 3.13. The molecule has 24 heavy (non-hydrogen) atoms. The predicted molar refractivity (Wildman–Crippen MR) is 87.8 cm³/mol. The molecule has 1 N–H and O–H groups in total. The second-order valence-corrected chi connectivity index (χ2v) is 5.94. The van der Waals surface area contributed by atoms with E-state index in [2.05, 4.69) is 21.2 Å². The molecule has 128 valence electrons. The maximum absolute atomic E-state index is 12.6. The summed E-state index contributed by atoms with van der Waals surface area (Å²) in [5.74, 6) is -0.0584. The van der Waals surface area contributed by atoms with E-state index in [1.165, 1.54) is 12.1 Å². The van der Waals surface area contributed by atoms with E-state index in [1.54, 1.807) is 0 Å². The molecule has 0 atom stereocenters. The van der Waals surface area contributed by atoms with Gasteiger partial charge in [0.15, 0.2) is 0 Å². The van der Waals surface area contributed by atoms with Crippen LogP contribution in [-0.4, -0.2) is 19.1 Å². The molecule has 0 radical (unpaired) electrons. The van der Waals surface area contributed by atoms with Crippen LogP contribution in [0.4, 0.5) is 13.2 Å². The maximum Gasteiger partial charge on any atom is 0.416 e. The number of amides is 1. The SMILES string of the molecule is O=C(Cc1ccc(Br)cc1)NCCOc1cccc(C(F)(F)F)c1. The topological polar surface area (TPSA) is 38.3 Å². The molecule has 1 amide bonds. The molecule has 2 aromatic carbocycles. The van der Waals surface area contributed by atoms with Crippen molar-refractivity contribution >= 4 is 21.8 Å². The van der Waals surface area contributed by atoms with E-state index in [0.29, 0.717) is 0 Å². The quantitative estimate of drug-likeness (QED) is 0.736. The van der Waals surface area contributed by atoms with Crippen molar-refractivity contribution in [3.8, 4) is 5.75 Å². The van der Waals surface area contributed by atoms with E-state index >= 15 is 0 Å². The first-order valence-electron chi connectivity index (χ1n) is 7.16. The highest BCUT2D eigenvalue weighted by Crippen LogP contribution is 2.31. The van der Waals surface area contributed by atoms with Gasteiger partial charge in [-0.2, -0.15) is 13.2 Å². The number of benzene rings is 2. The van der Waals surface area contributed by atoms with Crippen molar-refractivity contribution in [2.45, 2.75) is 12.6 Å². The smallest absolute Gasteiger partial charge is 0.416 e. The Balaban J connectivity index is 1.74. The van der Waals surface area contributed by atoms with Gasteiger partial charge in [0, 0.05) is 4.47 Å². The fourth-order valence-corrected chi connectivity index (χ4v) is 2.24. The van der Waals surface area contributed by atoms with Gasteiger partial charge in [0.2, 0.25) is 5.91 Å². The van der Waals surface area contributed by atoms with Crippen molar-refractivity contribution in [1.29, 1.82) is 0 Å². The highest BCUT2D eigenvalue weighted by Gasteiger charge is 2.30. The first-order valence-corrected chi connectivity index (χ1v) is 7.95. The zero-order valence-electron chi connectivity index (χ0n) is 12.6. The number of rotatable bonds is 6. The van der Waals surface area contributed by atoms with Gasteiger partial charge >= 0.3 is 6.18 Å². The van der Waals surface area contributed by atoms with Crippen LogP contribution < -0.4 is 10.1 Å². The van der Waals surface area contributed by atoms with E-state index in [9.17, 15) is 18.0 Å². The highest BCUT2D eigenvalue weighted by molar-refractivity contribution is 9.10. The Morgan fingerprint density at radius 2 is 1.83 bits per heavy atom. The standard InChI is InChI=1S/C17H15BrF3NO2/c18-14-6-4-12(5-7-14)10-16(23)22-8-9-24-15-3-1-2-13(11-15)17(19,20)21/h1-7,11H,8-10H2,(H,22,23). The number of hydrogen-bond donors (Lipinski definition) is 1. The van der Waals surface area contributed by atoms with E-state index in [4.69, 9.17) is 4.74 Å². The van der Waals surface area contributed by atoms with Gasteiger partial charge in [-0.1, -0.05) is 34.1 Å². The molecule has 0 spiro atoms. The lowest BCUT2D eigenvalue weighted by atomic mass is 10.1.